The van der Waals surface area contributed by atoms with Gasteiger partial charge in [-0.3, -0.25) is 9.69 Å². The van der Waals surface area contributed by atoms with Crippen LogP contribution in [0.5, 0.6) is 0 Å². The molecule has 0 bridgehead atoms. The number of aromatic carboxylic acids is 1. The standard InChI is InChI=1S/C11H12BrN3O5S/c12-7-2-8(11(17)18)10(14-3-7)15-4-6(1-9(15)16)5-21(13,19)20/h2-3,6H,1,4-5H2,(H,17,18)(H2,13,19,20). The summed E-state index contributed by atoms with van der Waals surface area (Å²) in [6, 6.07) is 1.34. The summed E-state index contributed by atoms with van der Waals surface area (Å²) in [5.41, 5.74) is -0.131. The number of aromatic nitrogens is 1. The third-order valence-corrected chi connectivity index (χ3v) is 4.36. The number of nitrogens with two attached hydrogens (primary N) is 1. The number of sulfonamides is 1. The topological polar surface area (TPSA) is 131 Å². The van der Waals surface area contributed by atoms with Crippen LogP contribution in [0.2, 0.25) is 0 Å². The minimum Gasteiger partial charge on any atom is -0.478 e. The summed E-state index contributed by atoms with van der Waals surface area (Å²) in [6.07, 6.45) is 1.37. The first-order valence-electron chi connectivity index (χ1n) is 5.87. The number of anilines is 1. The fraction of sp³-hybridized carbons (Fsp3) is 0.364. The molecule has 0 radical (unpaired) electrons. The second kappa shape index (κ2) is 5.70. The molecule has 114 valence electrons. The Morgan fingerprint density at radius 1 is 1.57 bits per heavy atom. The van der Waals surface area contributed by atoms with Gasteiger partial charge in [-0.2, -0.15) is 0 Å². The largest absolute Gasteiger partial charge is 0.478 e. The van der Waals surface area contributed by atoms with Crippen molar-refractivity contribution in [1.29, 1.82) is 0 Å². The molecular formula is C11H12BrN3O5S. The number of hydrogen-bond acceptors (Lipinski definition) is 5. The van der Waals surface area contributed by atoms with Crippen molar-refractivity contribution in [2.45, 2.75) is 6.42 Å². The lowest BCUT2D eigenvalue weighted by atomic mass is 10.1. The molecule has 1 aromatic rings. The summed E-state index contributed by atoms with van der Waals surface area (Å²) in [5.74, 6) is -2.39. The number of carboxylic acids is 1. The van der Waals surface area contributed by atoms with Crippen molar-refractivity contribution in [3.05, 3.63) is 22.3 Å². The van der Waals surface area contributed by atoms with Crippen LogP contribution in [0.15, 0.2) is 16.7 Å². The quantitative estimate of drug-likeness (QED) is 0.769. The number of amides is 1. The average molecular weight is 378 g/mol. The number of rotatable bonds is 4. The Kier molecular flexibility index (Phi) is 4.30. The molecule has 0 saturated carbocycles. The Bertz CT molecular complexity index is 706. The average Bonchev–Trinajstić information content (AvgIpc) is 2.67. The minimum atomic E-state index is -3.69. The van der Waals surface area contributed by atoms with E-state index in [0.717, 1.165) is 0 Å². The van der Waals surface area contributed by atoms with Gasteiger partial charge < -0.3 is 5.11 Å². The van der Waals surface area contributed by atoms with Gasteiger partial charge in [0.25, 0.3) is 0 Å². The van der Waals surface area contributed by atoms with E-state index in [4.69, 9.17) is 5.14 Å². The number of pyridine rings is 1. The lowest BCUT2D eigenvalue weighted by Gasteiger charge is -2.17. The third kappa shape index (κ3) is 3.77. The maximum Gasteiger partial charge on any atom is 0.339 e. The maximum atomic E-state index is 12.0. The molecule has 3 N–H and O–H groups in total. The Morgan fingerprint density at radius 2 is 2.24 bits per heavy atom. The Morgan fingerprint density at radius 3 is 2.81 bits per heavy atom. The van der Waals surface area contributed by atoms with Gasteiger partial charge in [-0.15, -0.1) is 0 Å². The van der Waals surface area contributed by atoms with E-state index in [9.17, 15) is 23.1 Å². The zero-order valence-corrected chi connectivity index (χ0v) is 13.1. The molecule has 1 fully saturated rings. The highest BCUT2D eigenvalue weighted by atomic mass is 79.9. The number of carbonyl (C=O) groups is 2. The molecule has 2 rings (SSSR count). The highest BCUT2D eigenvalue weighted by Crippen LogP contribution is 2.28. The second-order valence-corrected chi connectivity index (χ2v) is 7.31. The number of carboxylic acid groups (broad SMARTS) is 1. The summed E-state index contributed by atoms with van der Waals surface area (Å²) < 4.78 is 22.6. The van der Waals surface area contributed by atoms with E-state index in [1.165, 1.54) is 17.2 Å². The van der Waals surface area contributed by atoms with Gasteiger partial charge >= 0.3 is 5.97 Å². The van der Waals surface area contributed by atoms with Crippen molar-refractivity contribution in [1.82, 2.24) is 4.98 Å². The fourth-order valence-electron chi connectivity index (χ4n) is 2.23. The van der Waals surface area contributed by atoms with Crippen LogP contribution in [0.4, 0.5) is 5.82 Å². The summed E-state index contributed by atoms with van der Waals surface area (Å²) in [5, 5.41) is 14.1. The molecule has 21 heavy (non-hydrogen) atoms. The normalized spacial score (nSPS) is 19.0. The first-order chi connectivity index (χ1) is 9.67. The molecule has 1 aromatic heterocycles. The first kappa shape index (κ1) is 15.9. The minimum absolute atomic E-state index is 0.00671. The Balaban J connectivity index is 2.31. The molecule has 8 nitrogen and oxygen atoms in total. The van der Waals surface area contributed by atoms with Crippen molar-refractivity contribution in [2.24, 2.45) is 11.1 Å². The highest BCUT2D eigenvalue weighted by molar-refractivity contribution is 9.10. The van der Waals surface area contributed by atoms with Gasteiger partial charge in [0.2, 0.25) is 15.9 Å². The molecule has 10 heteroatoms. The summed E-state index contributed by atoms with van der Waals surface area (Å²) in [4.78, 5) is 28.4. The van der Waals surface area contributed by atoms with Crippen molar-refractivity contribution in [3.8, 4) is 0 Å². The van der Waals surface area contributed by atoms with Crippen LogP contribution in [-0.2, 0) is 14.8 Å². The van der Waals surface area contributed by atoms with Crippen molar-refractivity contribution >= 4 is 43.6 Å². The van der Waals surface area contributed by atoms with Crippen LogP contribution in [0.25, 0.3) is 0 Å². The van der Waals surface area contributed by atoms with E-state index in [1.807, 2.05) is 0 Å². The summed E-state index contributed by atoms with van der Waals surface area (Å²) >= 11 is 3.11. The van der Waals surface area contributed by atoms with Crippen LogP contribution in [0, 0.1) is 5.92 Å². The molecule has 1 aliphatic rings. The van der Waals surface area contributed by atoms with Crippen molar-refractivity contribution in [3.63, 3.8) is 0 Å². The van der Waals surface area contributed by atoms with Crippen molar-refractivity contribution < 1.29 is 23.1 Å². The van der Waals surface area contributed by atoms with Gasteiger partial charge in [0.1, 0.15) is 11.4 Å². The number of nitrogens with zero attached hydrogens (tertiary/aromatic N) is 2. The lowest BCUT2D eigenvalue weighted by molar-refractivity contribution is -0.117. The van der Waals surface area contributed by atoms with Gasteiger partial charge in [-0.25, -0.2) is 23.3 Å². The molecule has 2 heterocycles. The van der Waals surface area contributed by atoms with E-state index in [1.54, 1.807) is 0 Å². The fourth-order valence-corrected chi connectivity index (χ4v) is 3.44. The molecule has 1 amide bonds. The van der Waals surface area contributed by atoms with Gasteiger partial charge in [0.05, 0.1) is 5.75 Å². The smallest absolute Gasteiger partial charge is 0.339 e. The van der Waals surface area contributed by atoms with Crippen LogP contribution in [0.3, 0.4) is 0 Å². The third-order valence-electron chi connectivity index (χ3n) is 2.99. The zero-order chi connectivity index (χ0) is 15.8. The van der Waals surface area contributed by atoms with Gasteiger partial charge in [-0.05, 0) is 22.0 Å². The molecule has 1 aliphatic heterocycles. The van der Waals surface area contributed by atoms with E-state index in [-0.39, 0.29) is 36.0 Å². The monoisotopic (exact) mass is 377 g/mol. The second-order valence-electron chi connectivity index (χ2n) is 4.73. The molecule has 1 saturated heterocycles. The van der Waals surface area contributed by atoms with Crippen LogP contribution >= 0.6 is 15.9 Å². The predicted molar refractivity (Wildman–Crippen MR) is 77.3 cm³/mol. The molecule has 0 spiro atoms. The molecule has 1 atom stereocenters. The number of carbonyl (C=O) groups excluding carboxylic acids is 1. The number of halogens is 1. The van der Waals surface area contributed by atoms with Crippen LogP contribution < -0.4 is 10.0 Å². The summed E-state index contributed by atoms with van der Waals surface area (Å²) in [6.45, 7) is 0.0736. The maximum absolute atomic E-state index is 12.0. The summed E-state index contributed by atoms with van der Waals surface area (Å²) in [7, 11) is -3.69. The van der Waals surface area contributed by atoms with Crippen molar-refractivity contribution in [2.75, 3.05) is 17.2 Å². The lowest BCUT2D eigenvalue weighted by Crippen LogP contribution is -2.29. The molecule has 1 unspecified atom stereocenters. The van der Waals surface area contributed by atoms with E-state index < -0.39 is 21.9 Å². The predicted octanol–water partition coefficient (Wildman–Crippen LogP) is 0.184. The van der Waals surface area contributed by atoms with E-state index in [0.29, 0.717) is 4.47 Å². The first-order valence-corrected chi connectivity index (χ1v) is 8.38. The van der Waals surface area contributed by atoms with Gasteiger partial charge in [0, 0.05) is 29.6 Å². The Hall–Kier alpha value is -1.52. The molecular weight excluding hydrogens is 366 g/mol. The van der Waals surface area contributed by atoms with E-state index >= 15 is 0 Å². The zero-order valence-electron chi connectivity index (χ0n) is 10.7. The SMILES string of the molecule is NS(=O)(=O)CC1CC(=O)N(c2ncc(Br)cc2C(=O)O)C1. The molecule has 0 aromatic carbocycles. The van der Waals surface area contributed by atoms with E-state index in [2.05, 4.69) is 20.9 Å². The van der Waals surface area contributed by atoms with Crippen LogP contribution in [-0.4, -0.2) is 42.7 Å². The number of hydrogen-bond donors (Lipinski definition) is 2. The van der Waals surface area contributed by atoms with Crippen LogP contribution in [0.1, 0.15) is 16.8 Å². The van der Waals surface area contributed by atoms with Gasteiger partial charge in [0.15, 0.2) is 0 Å². The van der Waals surface area contributed by atoms with Gasteiger partial charge in [-0.1, -0.05) is 0 Å². The number of primary sulfonamides is 1. The molecule has 0 aliphatic carbocycles. The highest BCUT2D eigenvalue weighted by Gasteiger charge is 2.35. The Labute approximate surface area is 129 Å².